The van der Waals surface area contributed by atoms with Crippen LogP contribution >= 0.6 is 0 Å². The van der Waals surface area contributed by atoms with Crippen molar-refractivity contribution in [2.75, 3.05) is 17.9 Å². The van der Waals surface area contributed by atoms with Gasteiger partial charge in [-0.3, -0.25) is 28.3 Å². The summed E-state index contributed by atoms with van der Waals surface area (Å²) in [5, 5.41) is 13.5. The normalized spacial score (nSPS) is 11.4. The van der Waals surface area contributed by atoms with E-state index in [0.717, 1.165) is 10.4 Å². The molecule has 1 amide bonds. The first-order valence-electron chi connectivity index (χ1n) is 8.71. The van der Waals surface area contributed by atoms with Crippen LogP contribution in [0.1, 0.15) is 0 Å². The van der Waals surface area contributed by atoms with Gasteiger partial charge in [0, 0.05) is 33.3 Å². The molecule has 30 heavy (non-hydrogen) atoms. The van der Waals surface area contributed by atoms with Crippen LogP contribution in [0, 0.1) is 10.1 Å². The van der Waals surface area contributed by atoms with Crippen LogP contribution in [0.15, 0.2) is 52.2 Å². The number of amides is 1. The molecular formula is C18H19N5O6S. The summed E-state index contributed by atoms with van der Waals surface area (Å²) in [7, 11) is 0.152. The van der Waals surface area contributed by atoms with Crippen LogP contribution in [0.3, 0.4) is 0 Å². The number of nitrogens with one attached hydrogen (secondary N) is 1. The number of carbonyl (C=O) groups is 1. The molecule has 0 aliphatic heterocycles. The van der Waals surface area contributed by atoms with E-state index in [1.807, 2.05) is 0 Å². The molecule has 0 atom stereocenters. The number of likely N-dealkylation sites (N-methyl/N-ethyl adjacent to an activating group) is 1. The molecular weight excluding hydrogens is 414 g/mol. The number of fused-ring (bicyclic) bond motifs is 1. The summed E-state index contributed by atoms with van der Waals surface area (Å²) in [5.74, 6) is -0.599. The van der Waals surface area contributed by atoms with E-state index in [0.29, 0.717) is 11.0 Å². The SMILES string of the molecule is CNC(=O)CN(c1cccc([N+](=O)[O-])c1)S(=O)(=O)c1ccc2c(c1)n(C)c(=O)n2C. The van der Waals surface area contributed by atoms with Crippen molar-refractivity contribution in [1.82, 2.24) is 14.5 Å². The van der Waals surface area contributed by atoms with Gasteiger partial charge < -0.3 is 5.32 Å². The molecule has 11 nitrogen and oxygen atoms in total. The molecule has 1 N–H and O–H groups in total. The van der Waals surface area contributed by atoms with Crippen molar-refractivity contribution in [2.45, 2.75) is 4.90 Å². The van der Waals surface area contributed by atoms with E-state index in [1.165, 1.54) is 59.6 Å². The van der Waals surface area contributed by atoms with E-state index in [2.05, 4.69) is 5.32 Å². The Bertz CT molecular complexity index is 1320. The zero-order valence-corrected chi connectivity index (χ0v) is 17.2. The van der Waals surface area contributed by atoms with Gasteiger partial charge in [0.2, 0.25) is 5.91 Å². The molecule has 0 aliphatic carbocycles. The number of anilines is 1. The zero-order chi connectivity index (χ0) is 22.2. The molecule has 0 fully saturated rings. The number of hydrogen-bond acceptors (Lipinski definition) is 6. The molecule has 0 bridgehead atoms. The lowest BCUT2D eigenvalue weighted by molar-refractivity contribution is -0.384. The summed E-state index contributed by atoms with van der Waals surface area (Å²) in [5.41, 5.74) is 0.262. The minimum atomic E-state index is -4.29. The summed E-state index contributed by atoms with van der Waals surface area (Å²) in [4.78, 5) is 34.4. The number of nitrogens with zero attached hydrogens (tertiary/aromatic N) is 4. The monoisotopic (exact) mass is 433 g/mol. The first-order chi connectivity index (χ1) is 14.1. The molecule has 0 spiro atoms. The lowest BCUT2D eigenvalue weighted by Crippen LogP contribution is -2.39. The Labute approximate surface area is 171 Å². The van der Waals surface area contributed by atoms with Crippen LogP contribution in [0.5, 0.6) is 0 Å². The number of nitro groups is 1. The standard InChI is InChI=1S/C18H19N5O6S/c1-19-17(24)11-22(12-5-4-6-13(9-12)23(26)27)30(28,29)14-7-8-15-16(10-14)21(3)18(25)20(15)2/h4-10H,11H2,1-3H3,(H,19,24). The maximum absolute atomic E-state index is 13.4. The number of imidazole rings is 1. The van der Waals surface area contributed by atoms with Crippen LogP contribution in [0.2, 0.25) is 0 Å². The number of aryl methyl sites for hydroxylation is 2. The molecule has 3 rings (SSSR count). The van der Waals surface area contributed by atoms with Crippen molar-refractivity contribution in [3.63, 3.8) is 0 Å². The molecule has 158 valence electrons. The maximum Gasteiger partial charge on any atom is 0.328 e. The highest BCUT2D eigenvalue weighted by Crippen LogP contribution is 2.28. The number of aromatic nitrogens is 2. The quantitative estimate of drug-likeness (QED) is 0.449. The minimum Gasteiger partial charge on any atom is -0.358 e. The van der Waals surface area contributed by atoms with Crippen LogP contribution in [0.25, 0.3) is 11.0 Å². The first-order valence-corrected chi connectivity index (χ1v) is 10.1. The molecule has 12 heteroatoms. The summed E-state index contributed by atoms with van der Waals surface area (Å²) < 4.78 is 30.3. The molecule has 0 aliphatic rings. The van der Waals surface area contributed by atoms with Gasteiger partial charge in [-0.15, -0.1) is 0 Å². The van der Waals surface area contributed by atoms with Gasteiger partial charge in [-0.2, -0.15) is 0 Å². The second-order valence-electron chi connectivity index (χ2n) is 6.51. The molecule has 1 aromatic heterocycles. The van der Waals surface area contributed by atoms with Crippen molar-refractivity contribution in [2.24, 2.45) is 14.1 Å². The third-order valence-corrected chi connectivity index (χ3v) is 6.50. The maximum atomic E-state index is 13.4. The van der Waals surface area contributed by atoms with E-state index in [4.69, 9.17) is 0 Å². The number of sulfonamides is 1. The third kappa shape index (κ3) is 3.52. The predicted octanol–water partition coefficient (Wildman–Crippen LogP) is 0.726. The van der Waals surface area contributed by atoms with Gasteiger partial charge in [0.05, 0.1) is 26.5 Å². The van der Waals surface area contributed by atoms with Crippen LogP contribution in [-0.4, -0.2) is 42.0 Å². The van der Waals surface area contributed by atoms with Crippen molar-refractivity contribution in [3.8, 4) is 0 Å². The second-order valence-corrected chi connectivity index (χ2v) is 8.38. The van der Waals surface area contributed by atoms with Crippen molar-refractivity contribution in [3.05, 3.63) is 63.1 Å². The molecule has 3 aromatic rings. The van der Waals surface area contributed by atoms with Crippen LogP contribution in [-0.2, 0) is 28.9 Å². The summed E-state index contributed by atoms with van der Waals surface area (Å²) in [6.07, 6.45) is 0. The Balaban J connectivity index is 2.19. The van der Waals surface area contributed by atoms with Gasteiger partial charge in [-0.1, -0.05) is 6.07 Å². The fraction of sp³-hybridized carbons (Fsp3) is 0.222. The topological polar surface area (TPSA) is 137 Å². The first kappa shape index (κ1) is 21.0. The van der Waals surface area contributed by atoms with E-state index < -0.39 is 27.4 Å². The molecule has 1 heterocycles. The van der Waals surface area contributed by atoms with Gasteiger partial charge in [0.25, 0.3) is 15.7 Å². The zero-order valence-electron chi connectivity index (χ0n) is 16.4. The molecule has 2 aromatic carbocycles. The van der Waals surface area contributed by atoms with Gasteiger partial charge >= 0.3 is 5.69 Å². The lowest BCUT2D eigenvalue weighted by atomic mass is 10.3. The Morgan fingerprint density at radius 1 is 1.13 bits per heavy atom. The van der Waals surface area contributed by atoms with Crippen molar-refractivity contribution < 1.29 is 18.1 Å². The van der Waals surface area contributed by atoms with Gasteiger partial charge in [0.1, 0.15) is 6.54 Å². The highest BCUT2D eigenvalue weighted by molar-refractivity contribution is 7.92. The highest BCUT2D eigenvalue weighted by Gasteiger charge is 2.29. The highest BCUT2D eigenvalue weighted by atomic mass is 32.2. The number of rotatable bonds is 6. The number of nitro benzene ring substituents is 1. The van der Waals surface area contributed by atoms with Gasteiger partial charge in [0.15, 0.2) is 0 Å². The number of benzene rings is 2. The summed E-state index contributed by atoms with van der Waals surface area (Å²) >= 11 is 0. The fourth-order valence-electron chi connectivity index (χ4n) is 3.06. The van der Waals surface area contributed by atoms with Crippen molar-refractivity contribution >= 4 is 38.3 Å². The number of carbonyl (C=O) groups excluding carboxylic acids is 1. The minimum absolute atomic E-state index is 0.0325. The van der Waals surface area contributed by atoms with E-state index in [1.54, 1.807) is 7.05 Å². The Morgan fingerprint density at radius 3 is 2.43 bits per heavy atom. The molecule has 0 radical (unpaired) electrons. The van der Waals surface area contributed by atoms with E-state index in [-0.39, 0.29) is 22.0 Å². The molecule has 0 saturated carbocycles. The van der Waals surface area contributed by atoms with Crippen molar-refractivity contribution in [1.29, 1.82) is 0 Å². The largest absolute Gasteiger partial charge is 0.358 e. The Morgan fingerprint density at radius 2 is 1.80 bits per heavy atom. The van der Waals surface area contributed by atoms with Gasteiger partial charge in [-0.25, -0.2) is 13.2 Å². The predicted molar refractivity (Wildman–Crippen MR) is 110 cm³/mol. The molecule has 0 saturated heterocycles. The van der Waals surface area contributed by atoms with E-state index in [9.17, 15) is 28.1 Å². The Kier molecular flexibility index (Phi) is 5.35. The van der Waals surface area contributed by atoms with Gasteiger partial charge in [-0.05, 0) is 24.3 Å². The van der Waals surface area contributed by atoms with Crippen LogP contribution in [0.4, 0.5) is 11.4 Å². The average Bonchev–Trinajstić information content (AvgIpc) is 2.95. The smallest absolute Gasteiger partial charge is 0.328 e. The fourth-order valence-corrected chi connectivity index (χ4v) is 4.49. The number of non-ortho nitro benzene ring substituents is 1. The third-order valence-electron chi connectivity index (χ3n) is 4.73. The average molecular weight is 433 g/mol. The second kappa shape index (κ2) is 7.63. The molecule has 0 unspecified atom stereocenters. The Hall–Kier alpha value is -3.67. The summed E-state index contributed by atoms with van der Waals surface area (Å²) in [6, 6.07) is 9.16. The van der Waals surface area contributed by atoms with Crippen LogP contribution < -0.4 is 15.3 Å². The number of hydrogen-bond donors (Lipinski definition) is 1. The van der Waals surface area contributed by atoms with E-state index >= 15 is 0 Å². The lowest BCUT2D eigenvalue weighted by Gasteiger charge is -2.23. The summed E-state index contributed by atoms with van der Waals surface area (Å²) in [6.45, 7) is -0.578.